The summed E-state index contributed by atoms with van der Waals surface area (Å²) in [6.07, 6.45) is 2.91. The third-order valence-electron chi connectivity index (χ3n) is 3.74. The zero-order valence-electron chi connectivity index (χ0n) is 12.9. The highest BCUT2D eigenvalue weighted by Gasteiger charge is 2.29. The number of anilines is 2. The first kappa shape index (κ1) is 19.9. The van der Waals surface area contributed by atoms with Gasteiger partial charge in [-0.2, -0.15) is 4.98 Å². The van der Waals surface area contributed by atoms with Gasteiger partial charge in [-0.05, 0) is 19.3 Å². The second-order valence-corrected chi connectivity index (χ2v) is 6.35. The van der Waals surface area contributed by atoms with Gasteiger partial charge in [0.25, 0.3) is 0 Å². The van der Waals surface area contributed by atoms with Crippen LogP contribution in [0.2, 0.25) is 0 Å². The molecule has 0 aromatic carbocycles. The van der Waals surface area contributed by atoms with Gasteiger partial charge in [0.05, 0.1) is 17.9 Å². The highest BCUT2D eigenvalue weighted by Crippen LogP contribution is 2.35. The van der Waals surface area contributed by atoms with Gasteiger partial charge >= 0.3 is 0 Å². The third kappa shape index (κ3) is 4.91. The molecule has 5 N–H and O–H groups in total. The Bertz CT molecular complexity index is 629. The zero-order valence-corrected chi connectivity index (χ0v) is 15.3. The van der Waals surface area contributed by atoms with Gasteiger partial charge in [-0.15, -0.1) is 36.2 Å². The van der Waals surface area contributed by atoms with Crippen molar-refractivity contribution in [2.24, 2.45) is 5.73 Å². The molecule has 128 valence electrons. The van der Waals surface area contributed by atoms with Crippen molar-refractivity contribution in [3.63, 3.8) is 0 Å². The Labute approximate surface area is 152 Å². The molecule has 0 radical (unpaired) electrons. The molecule has 0 aliphatic heterocycles. The number of nitrogens with one attached hydrogen (secondary N) is 1. The van der Waals surface area contributed by atoms with E-state index in [4.69, 9.17) is 11.5 Å². The van der Waals surface area contributed by atoms with E-state index in [2.05, 4.69) is 32.6 Å². The molecule has 2 aromatic rings. The second-order valence-electron chi connectivity index (χ2n) is 5.40. The standard InChI is InChI=1S/C14H20N6S.2ClH/c1-2-10-7-21-13(18-10)6-17-12-5-11(19-14(16)20-12)8-3-9(15)4-8;;/h5,7-9H,2-4,6,15H2,1H3,(H3,16,17,19,20);2*1H. The third-order valence-corrected chi connectivity index (χ3v) is 4.64. The molecule has 1 aliphatic rings. The van der Waals surface area contributed by atoms with E-state index >= 15 is 0 Å². The van der Waals surface area contributed by atoms with Gasteiger partial charge in [0.2, 0.25) is 5.95 Å². The largest absolute Gasteiger partial charge is 0.368 e. The van der Waals surface area contributed by atoms with Gasteiger partial charge < -0.3 is 16.8 Å². The van der Waals surface area contributed by atoms with E-state index in [9.17, 15) is 0 Å². The summed E-state index contributed by atoms with van der Waals surface area (Å²) in [4.78, 5) is 13.1. The average molecular weight is 377 g/mol. The normalized spacial score (nSPS) is 19.2. The van der Waals surface area contributed by atoms with Crippen LogP contribution in [-0.2, 0) is 13.0 Å². The molecule has 1 fully saturated rings. The number of aromatic nitrogens is 3. The summed E-state index contributed by atoms with van der Waals surface area (Å²) in [5.74, 6) is 1.48. The fourth-order valence-corrected chi connectivity index (χ4v) is 3.26. The quantitative estimate of drug-likeness (QED) is 0.740. The molecule has 9 heteroatoms. The van der Waals surface area contributed by atoms with Gasteiger partial charge in [-0.3, -0.25) is 0 Å². The van der Waals surface area contributed by atoms with Crippen LogP contribution in [0.5, 0.6) is 0 Å². The van der Waals surface area contributed by atoms with Crippen LogP contribution in [0, 0.1) is 0 Å². The molecule has 1 aliphatic carbocycles. The van der Waals surface area contributed by atoms with Crippen molar-refractivity contribution in [3.05, 3.63) is 27.8 Å². The number of nitrogen functional groups attached to an aromatic ring is 1. The summed E-state index contributed by atoms with van der Waals surface area (Å²) in [5.41, 5.74) is 13.7. The fourth-order valence-electron chi connectivity index (χ4n) is 2.45. The summed E-state index contributed by atoms with van der Waals surface area (Å²) in [6, 6.07) is 2.27. The van der Waals surface area contributed by atoms with Gasteiger partial charge in [0, 0.05) is 23.4 Å². The molecule has 6 nitrogen and oxygen atoms in total. The lowest BCUT2D eigenvalue weighted by atomic mass is 9.78. The molecule has 23 heavy (non-hydrogen) atoms. The van der Waals surface area contributed by atoms with Crippen molar-refractivity contribution in [3.8, 4) is 0 Å². The van der Waals surface area contributed by atoms with Gasteiger partial charge in [0.15, 0.2) is 0 Å². The number of rotatable bonds is 5. The predicted molar refractivity (Wildman–Crippen MR) is 99.7 cm³/mol. The molecular weight excluding hydrogens is 355 g/mol. The van der Waals surface area contributed by atoms with E-state index in [-0.39, 0.29) is 24.8 Å². The Hall–Kier alpha value is -1.15. The number of nitrogens with zero attached hydrogens (tertiary/aromatic N) is 3. The minimum absolute atomic E-state index is 0. The summed E-state index contributed by atoms with van der Waals surface area (Å²) in [6.45, 7) is 2.76. The van der Waals surface area contributed by atoms with Crippen molar-refractivity contribution >= 4 is 47.9 Å². The molecule has 2 aromatic heterocycles. The minimum Gasteiger partial charge on any atom is -0.368 e. The van der Waals surface area contributed by atoms with Crippen molar-refractivity contribution in [2.45, 2.75) is 44.7 Å². The van der Waals surface area contributed by atoms with Crippen molar-refractivity contribution < 1.29 is 0 Å². The number of hydrogen-bond donors (Lipinski definition) is 3. The van der Waals surface area contributed by atoms with Crippen LogP contribution in [0.1, 0.15) is 42.1 Å². The average Bonchev–Trinajstić information content (AvgIpc) is 2.89. The Morgan fingerprint density at radius 2 is 2.00 bits per heavy atom. The molecular formula is C14H22Cl2N6S. The first-order valence-electron chi connectivity index (χ1n) is 7.21. The van der Waals surface area contributed by atoms with Crippen molar-refractivity contribution in [1.82, 2.24) is 15.0 Å². The number of halogens is 2. The van der Waals surface area contributed by atoms with Crippen LogP contribution >= 0.6 is 36.2 Å². The molecule has 0 bridgehead atoms. The summed E-state index contributed by atoms with van der Waals surface area (Å²) >= 11 is 1.66. The lowest BCUT2D eigenvalue weighted by molar-refractivity contribution is 0.345. The summed E-state index contributed by atoms with van der Waals surface area (Å²) < 4.78 is 0. The van der Waals surface area contributed by atoms with Gasteiger partial charge in [-0.1, -0.05) is 6.92 Å². The monoisotopic (exact) mass is 376 g/mol. The van der Waals surface area contributed by atoms with Crippen LogP contribution in [0.4, 0.5) is 11.8 Å². The minimum atomic E-state index is 0. The van der Waals surface area contributed by atoms with E-state index in [0.29, 0.717) is 24.5 Å². The topological polar surface area (TPSA) is 103 Å². The molecule has 0 atom stereocenters. The van der Waals surface area contributed by atoms with Crippen molar-refractivity contribution in [1.29, 1.82) is 0 Å². The van der Waals surface area contributed by atoms with Crippen LogP contribution in [0.3, 0.4) is 0 Å². The SMILES string of the molecule is CCc1csc(CNc2cc(C3CC(N)C3)nc(N)n2)n1.Cl.Cl. The lowest BCUT2D eigenvalue weighted by Gasteiger charge is -2.32. The molecule has 0 amide bonds. The molecule has 0 saturated heterocycles. The van der Waals surface area contributed by atoms with Crippen LogP contribution in [-0.4, -0.2) is 21.0 Å². The van der Waals surface area contributed by atoms with Gasteiger partial charge in [-0.25, -0.2) is 9.97 Å². The zero-order chi connectivity index (χ0) is 14.8. The predicted octanol–water partition coefficient (Wildman–Crippen LogP) is 2.74. The molecule has 3 rings (SSSR count). The smallest absolute Gasteiger partial charge is 0.222 e. The number of nitrogens with two attached hydrogens (primary N) is 2. The molecule has 2 heterocycles. The maximum absolute atomic E-state index is 5.84. The Morgan fingerprint density at radius 1 is 1.26 bits per heavy atom. The molecule has 1 saturated carbocycles. The fraction of sp³-hybridized carbons (Fsp3) is 0.500. The molecule has 0 spiro atoms. The summed E-state index contributed by atoms with van der Waals surface area (Å²) in [7, 11) is 0. The highest BCUT2D eigenvalue weighted by atomic mass is 35.5. The second kappa shape index (κ2) is 8.63. The van der Waals surface area contributed by atoms with E-state index in [1.807, 2.05) is 6.07 Å². The maximum Gasteiger partial charge on any atom is 0.222 e. The first-order chi connectivity index (χ1) is 10.1. The summed E-state index contributed by atoms with van der Waals surface area (Å²) in [5, 5.41) is 6.42. The van der Waals surface area contributed by atoms with E-state index in [0.717, 1.165) is 41.5 Å². The molecule has 0 unspecified atom stereocenters. The first-order valence-corrected chi connectivity index (χ1v) is 8.09. The van der Waals surface area contributed by atoms with E-state index < -0.39 is 0 Å². The maximum atomic E-state index is 5.84. The number of thiazole rings is 1. The van der Waals surface area contributed by atoms with Crippen molar-refractivity contribution in [2.75, 3.05) is 11.1 Å². The van der Waals surface area contributed by atoms with Crippen LogP contribution in [0.15, 0.2) is 11.4 Å². The Kier molecular flexibility index (Phi) is 7.47. The van der Waals surface area contributed by atoms with Crippen LogP contribution < -0.4 is 16.8 Å². The highest BCUT2D eigenvalue weighted by molar-refractivity contribution is 7.09. The van der Waals surface area contributed by atoms with E-state index in [1.54, 1.807) is 11.3 Å². The van der Waals surface area contributed by atoms with Gasteiger partial charge in [0.1, 0.15) is 10.8 Å². The Balaban J connectivity index is 0.00000132. The lowest BCUT2D eigenvalue weighted by Crippen LogP contribution is -2.35. The van der Waals surface area contributed by atoms with Crippen LogP contribution in [0.25, 0.3) is 0 Å². The number of hydrogen-bond acceptors (Lipinski definition) is 7. The number of aryl methyl sites for hydroxylation is 1. The van der Waals surface area contributed by atoms with E-state index in [1.165, 1.54) is 0 Å². The Morgan fingerprint density at radius 3 is 2.61 bits per heavy atom.